The molecule has 3 aromatic rings. The summed E-state index contributed by atoms with van der Waals surface area (Å²) in [5, 5.41) is 2.85. The average Bonchev–Trinajstić information content (AvgIpc) is 3.28. The first-order chi connectivity index (χ1) is 16.8. The largest absolute Gasteiger partial charge is 0.368 e. The molecule has 1 aliphatic carbocycles. The predicted octanol–water partition coefficient (Wildman–Crippen LogP) is 4.48. The maximum Gasteiger partial charge on any atom is 0.274 e. The highest BCUT2D eigenvalue weighted by molar-refractivity contribution is 6.05. The fourth-order valence-electron chi connectivity index (χ4n) is 5.18. The highest BCUT2D eigenvalue weighted by atomic mass is 19.1. The molecule has 1 amide bonds. The molecule has 1 aliphatic heterocycles. The second-order valence-electron chi connectivity index (χ2n) is 9.38. The van der Waals surface area contributed by atoms with Gasteiger partial charge >= 0.3 is 0 Å². The molecule has 182 valence electrons. The lowest BCUT2D eigenvalue weighted by Crippen LogP contribution is -2.47. The number of carbonyl (C=O) groups excluding carboxylic acids is 1. The maximum absolute atomic E-state index is 14.5. The van der Waals surface area contributed by atoms with Crippen molar-refractivity contribution >= 4 is 17.3 Å². The van der Waals surface area contributed by atoms with Crippen LogP contribution in [0.2, 0.25) is 0 Å². The number of pyridine rings is 2. The van der Waals surface area contributed by atoms with Crippen LogP contribution in [-0.4, -0.2) is 35.0 Å². The van der Waals surface area contributed by atoms with E-state index in [2.05, 4.69) is 27.1 Å². The standard InChI is InChI=1S/C26H26F3N5O/c1-14-10-15(30)13-34(12-14)25-16-4-2-7-20(16)31-11-22(25)33-26(35)21-9-8-19(29)24(32-21)23-17(27)5-3-6-18(23)28/h3,5-6,8-9,11,14-15H,2,4,7,10,12-13,30H2,1H3,(H,33,35)/t14-,15?/m1/s1. The Labute approximate surface area is 201 Å². The van der Waals surface area contributed by atoms with Crippen LogP contribution in [0.25, 0.3) is 11.3 Å². The third-order valence-electron chi connectivity index (χ3n) is 6.61. The van der Waals surface area contributed by atoms with Gasteiger partial charge in [-0.15, -0.1) is 0 Å². The van der Waals surface area contributed by atoms with Gasteiger partial charge in [0, 0.05) is 24.8 Å². The summed E-state index contributed by atoms with van der Waals surface area (Å²) in [5.41, 5.74) is 8.50. The van der Waals surface area contributed by atoms with Crippen LogP contribution in [-0.2, 0) is 12.8 Å². The Balaban J connectivity index is 1.51. The van der Waals surface area contributed by atoms with Gasteiger partial charge in [0.05, 0.1) is 23.1 Å². The second-order valence-corrected chi connectivity index (χ2v) is 9.38. The number of benzene rings is 1. The third-order valence-corrected chi connectivity index (χ3v) is 6.61. The molecule has 0 spiro atoms. The van der Waals surface area contributed by atoms with Crippen LogP contribution in [0.3, 0.4) is 0 Å². The number of hydrogen-bond acceptors (Lipinski definition) is 5. The molecule has 2 aliphatic rings. The van der Waals surface area contributed by atoms with Gasteiger partial charge in [0.25, 0.3) is 5.91 Å². The van der Waals surface area contributed by atoms with Crippen molar-refractivity contribution in [1.82, 2.24) is 9.97 Å². The average molecular weight is 482 g/mol. The van der Waals surface area contributed by atoms with Crippen LogP contribution in [0.4, 0.5) is 24.5 Å². The zero-order valence-corrected chi connectivity index (χ0v) is 19.3. The summed E-state index contributed by atoms with van der Waals surface area (Å²) in [6.45, 7) is 3.62. The fraction of sp³-hybridized carbons (Fsp3) is 0.346. The summed E-state index contributed by atoms with van der Waals surface area (Å²) < 4.78 is 43.0. The third kappa shape index (κ3) is 4.48. The van der Waals surface area contributed by atoms with E-state index in [0.29, 0.717) is 18.2 Å². The minimum atomic E-state index is -0.963. The van der Waals surface area contributed by atoms with Gasteiger partial charge in [0.1, 0.15) is 28.8 Å². The summed E-state index contributed by atoms with van der Waals surface area (Å²) in [6, 6.07) is 5.39. The molecule has 35 heavy (non-hydrogen) atoms. The van der Waals surface area contributed by atoms with E-state index in [1.807, 2.05) is 0 Å². The molecule has 0 radical (unpaired) electrons. The lowest BCUT2D eigenvalue weighted by Gasteiger charge is -2.38. The van der Waals surface area contributed by atoms with Crippen LogP contribution in [0, 0.1) is 23.4 Å². The molecule has 6 nitrogen and oxygen atoms in total. The first-order valence-corrected chi connectivity index (χ1v) is 11.8. The Morgan fingerprint density at radius 2 is 1.86 bits per heavy atom. The maximum atomic E-state index is 14.5. The van der Waals surface area contributed by atoms with Crippen molar-refractivity contribution in [3.05, 3.63) is 70.9 Å². The smallest absolute Gasteiger partial charge is 0.274 e. The SMILES string of the molecule is C[C@@H]1CC(N)CN(c2c(NC(=O)c3ccc(F)c(-c4c(F)cccc4F)n3)cnc3c2CCC3)C1. The molecule has 0 bridgehead atoms. The number of aryl methyl sites for hydroxylation is 1. The van der Waals surface area contributed by atoms with Crippen molar-refractivity contribution < 1.29 is 18.0 Å². The highest BCUT2D eigenvalue weighted by Gasteiger charge is 2.30. The van der Waals surface area contributed by atoms with Crippen molar-refractivity contribution in [3.63, 3.8) is 0 Å². The molecule has 2 aromatic heterocycles. The van der Waals surface area contributed by atoms with E-state index in [1.165, 1.54) is 12.1 Å². The summed E-state index contributed by atoms with van der Waals surface area (Å²) in [4.78, 5) is 23.9. The number of amides is 1. The molecule has 1 aromatic carbocycles. The van der Waals surface area contributed by atoms with Crippen LogP contribution in [0.5, 0.6) is 0 Å². The van der Waals surface area contributed by atoms with Crippen molar-refractivity contribution in [2.45, 2.75) is 38.6 Å². The van der Waals surface area contributed by atoms with E-state index in [4.69, 9.17) is 5.73 Å². The van der Waals surface area contributed by atoms with Crippen LogP contribution < -0.4 is 16.0 Å². The quantitative estimate of drug-likeness (QED) is 0.574. The Kier molecular flexibility index (Phi) is 6.19. The number of piperidine rings is 1. The van der Waals surface area contributed by atoms with Gasteiger partial charge in [-0.3, -0.25) is 9.78 Å². The zero-order valence-electron chi connectivity index (χ0n) is 19.3. The lowest BCUT2D eigenvalue weighted by atomic mass is 9.95. The molecule has 1 saturated heterocycles. The minimum absolute atomic E-state index is 0.0181. The van der Waals surface area contributed by atoms with Gasteiger partial charge in [-0.2, -0.15) is 0 Å². The summed E-state index contributed by atoms with van der Waals surface area (Å²) in [7, 11) is 0. The number of fused-ring (bicyclic) bond motifs is 1. The lowest BCUT2D eigenvalue weighted by molar-refractivity contribution is 0.102. The van der Waals surface area contributed by atoms with E-state index < -0.39 is 34.6 Å². The number of halogens is 3. The van der Waals surface area contributed by atoms with Crippen LogP contribution in [0.1, 0.15) is 41.5 Å². The summed E-state index contributed by atoms with van der Waals surface area (Å²) in [5.74, 6) is -3.09. The number of nitrogens with one attached hydrogen (secondary N) is 1. The number of nitrogens with zero attached hydrogens (tertiary/aromatic N) is 3. The molecular formula is C26H26F3N5O. The minimum Gasteiger partial charge on any atom is -0.368 e. The Morgan fingerprint density at radius 3 is 2.60 bits per heavy atom. The monoisotopic (exact) mass is 481 g/mol. The van der Waals surface area contributed by atoms with Crippen molar-refractivity contribution in [2.24, 2.45) is 11.7 Å². The van der Waals surface area contributed by atoms with Crippen molar-refractivity contribution in [1.29, 1.82) is 0 Å². The summed E-state index contributed by atoms with van der Waals surface area (Å²) in [6.07, 6.45) is 5.28. The molecule has 5 rings (SSSR count). The first kappa shape index (κ1) is 23.3. The van der Waals surface area contributed by atoms with Crippen LogP contribution in [0.15, 0.2) is 36.5 Å². The van der Waals surface area contributed by atoms with Gasteiger partial charge < -0.3 is 16.0 Å². The van der Waals surface area contributed by atoms with E-state index in [9.17, 15) is 18.0 Å². The molecular weight excluding hydrogens is 455 g/mol. The first-order valence-electron chi connectivity index (χ1n) is 11.8. The molecule has 1 fully saturated rings. The molecule has 0 saturated carbocycles. The number of aromatic nitrogens is 2. The van der Waals surface area contributed by atoms with Gasteiger partial charge in [0.2, 0.25) is 0 Å². The van der Waals surface area contributed by atoms with Crippen molar-refractivity contribution in [3.8, 4) is 11.3 Å². The van der Waals surface area contributed by atoms with E-state index in [0.717, 1.165) is 67.4 Å². The number of carbonyl (C=O) groups is 1. The highest BCUT2D eigenvalue weighted by Crippen LogP contribution is 2.38. The van der Waals surface area contributed by atoms with Gasteiger partial charge in [-0.1, -0.05) is 13.0 Å². The number of nitrogens with two attached hydrogens (primary N) is 1. The Hall–Kier alpha value is -3.46. The molecule has 1 unspecified atom stereocenters. The second kappa shape index (κ2) is 9.30. The zero-order chi connectivity index (χ0) is 24.7. The number of rotatable bonds is 4. The van der Waals surface area contributed by atoms with E-state index in [1.54, 1.807) is 6.20 Å². The normalized spacial score (nSPS) is 19.5. The topological polar surface area (TPSA) is 84.1 Å². The fourth-order valence-corrected chi connectivity index (χ4v) is 5.18. The van der Waals surface area contributed by atoms with E-state index in [-0.39, 0.29) is 11.7 Å². The predicted molar refractivity (Wildman–Crippen MR) is 128 cm³/mol. The Morgan fingerprint density at radius 1 is 1.09 bits per heavy atom. The van der Waals surface area contributed by atoms with Gasteiger partial charge in [0.15, 0.2) is 0 Å². The molecule has 3 heterocycles. The van der Waals surface area contributed by atoms with Gasteiger partial charge in [-0.25, -0.2) is 18.2 Å². The molecule has 3 N–H and O–H groups in total. The molecule has 2 atom stereocenters. The summed E-state index contributed by atoms with van der Waals surface area (Å²) >= 11 is 0. The number of anilines is 2. The molecule has 9 heteroatoms. The number of hydrogen-bond donors (Lipinski definition) is 2. The van der Waals surface area contributed by atoms with Crippen LogP contribution >= 0.6 is 0 Å². The van der Waals surface area contributed by atoms with E-state index >= 15 is 0 Å². The van der Waals surface area contributed by atoms with Crippen molar-refractivity contribution in [2.75, 3.05) is 23.3 Å². The Bertz CT molecular complexity index is 1270. The van der Waals surface area contributed by atoms with Gasteiger partial charge in [-0.05, 0) is 61.4 Å².